The average molecular weight is 317 g/mol. The van der Waals surface area contributed by atoms with Crippen LogP contribution in [0, 0.1) is 5.21 Å². The van der Waals surface area contributed by atoms with Crippen LogP contribution in [0.3, 0.4) is 0 Å². The molecule has 23 heavy (non-hydrogen) atoms. The Bertz CT molecular complexity index is 701. The molecule has 0 bridgehead atoms. The lowest BCUT2D eigenvalue weighted by Crippen LogP contribution is -2.99. The molecule has 2 aromatic rings. The number of hydrogen-bond donors (Lipinski definition) is 2. The summed E-state index contributed by atoms with van der Waals surface area (Å²) < 4.78 is 16.6. The molecule has 0 radical (unpaired) electrons. The summed E-state index contributed by atoms with van der Waals surface area (Å²) in [5, 5.41) is 20.0. The van der Waals surface area contributed by atoms with Crippen molar-refractivity contribution in [2.75, 3.05) is 20.8 Å². The summed E-state index contributed by atoms with van der Waals surface area (Å²) in [6, 6.07) is 10.7. The van der Waals surface area contributed by atoms with Gasteiger partial charge in [-0.25, -0.2) is 5.21 Å². The van der Waals surface area contributed by atoms with Crippen molar-refractivity contribution in [3.8, 4) is 11.5 Å². The number of quaternary nitrogens is 1. The van der Waals surface area contributed by atoms with Gasteiger partial charge in [0.05, 0.1) is 20.8 Å². The van der Waals surface area contributed by atoms with E-state index in [2.05, 4.69) is 0 Å². The molecule has 1 aliphatic heterocycles. The predicted octanol–water partition coefficient (Wildman–Crippen LogP) is 1.77. The lowest BCUT2D eigenvalue weighted by molar-refractivity contribution is -0.991. The quantitative estimate of drug-likeness (QED) is 0.841. The van der Waals surface area contributed by atoms with Crippen molar-refractivity contribution >= 4 is 5.69 Å². The van der Waals surface area contributed by atoms with Crippen molar-refractivity contribution < 1.29 is 24.6 Å². The number of benzene rings is 2. The molecule has 0 aliphatic carbocycles. The summed E-state index contributed by atoms with van der Waals surface area (Å²) in [7, 11) is 3.18. The zero-order chi connectivity index (χ0) is 16.4. The Kier molecular flexibility index (Phi) is 4.49. The molecule has 6 heteroatoms. The SMILES string of the molecule is COc1cc2c(cc1OC)[C@@H](c1ccccc1[NH+]([O-])O)OCC2. The summed E-state index contributed by atoms with van der Waals surface area (Å²) >= 11 is 0. The molecular formula is C17H19NO5. The van der Waals surface area contributed by atoms with Gasteiger partial charge in [-0.1, -0.05) is 12.1 Å². The van der Waals surface area contributed by atoms with Crippen LogP contribution in [0.5, 0.6) is 11.5 Å². The third-order valence-electron chi connectivity index (χ3n) is 4.06. The molecule has 0 aromatic heterocycles. The van der Waals surface area contributed by atoms with Gasteiger partial charge in [-0.15, -0.1) is 0 Å². The normalized spacial score (nSPS) is 18.2. The van der Waals surface area contributed by atoms with Gasteiger partial charge in [0, 0.05) is 11.6 Å². The van der Waals surface area contributed by atoms with Crippen molar-refractivity contribution in [3.05, 3.63) is 58.3 Å². The Morgan fingerprint density at radius 2 is 1.83 bits per heavy atom. The number of nitrogens with one attached hydrogen (secondary N) is 1. The number of fused-ring (bicyclic) bond motifs is 1. The first-order valence-corrected chi connectivity index (χ1v) is 7.34. The van der Waals surface area contributed by atoms with Crippen LogP contribution < -0.4 is 14.7 Å². The van der Waals surface area contributed by atoms with Crippen molar-refractivity contribution in [2.45, 2.75) is 12.5 Å². The van der Waals surface area contributed by atoms with Crippen molar-refractivity contribution in [2.24, 2.45) is 0 Å². The highest BCUT2D eigenvalue weighted by molar-refractivity contribution is 5.53. The molecule has 2 aromatic carbocycles. The fourth-order valence-corrected chi connectivity index (χ4v) is 2.95. The van der Waals surface area contributed by atoms with Gasteiger partial charge < -0.3 is 19.4 Å². The van der Waals surface area contributed by atoms with Crippen LogP contribution in [0.4, 0.5) is 5.69 Å². The maximum absolute atomic E-state index is 11.5. The van der Waals surface area contributed by atoms with E-state index in [9.17, 15) is 10.4 Å². The molecule has 6 nitrogen and oxygen atoms in total. The number of hydrogen-bond acceptors (Lipinski definition) is 5. The van der Waals surface area contributed by atoms with Crippen LogP contribution in [-0.4, -0.2) is 26.0 Å². The van der Waals surface area contributed by atoms with Crippen LogP contribution in [0.15, 0.2) is 36.4 Å². The third-order valence-corrected chi connectivity index (χ3v) is 4.06. The van der Waals surface area contributed by atoms with Gasteiger partial charge in [0.15, 0.2) is 17.2 Å². The Labute approximate surface area is 134 Å². The Balaban J connectivity index is 2.12. The second kappa shape index (κ2) is 6.55. The number of rotatable bonds is 4. The fraction of sp³-hybridized carbons (Fsp3) is 0.294. The second-order valence-electron chi connectivity index (χ2n) is 5.30. The topological polar surface area (TPSA) is 75.4 Å². The number of ether oxygens (including phenoxy) is 3. The molecule has 0 spiro atoms. The molecule has 0 amide bonds. The Hall–Kier alpha value is -2.12. The largest absolute Gasteiger partial charge is 0.595 e. The van der Waals surface area contributed by atoms with Crippen LogP contribution >= 0.6 is 0 Å². The molecule has 122 valence electrons. The summed E-state index contributed by atoms with van der Waals surface area (Å²) in [6.07, 6.45) is 0.326. The van der Waals surface area contributed by atoms with E-state index in [0.29, 0.717) is 23.7 Å². The highest BCUT2D eigenvalue weighted by Crippen LogP contribution is 2.40. The number of para-hydroxylation sites is 1. The Morgan fingerprint density at radius 3 is 2.52 bits per heavy atom. The predicted molar refractivity (Wildman–Crippen MR) is 83.3 cm³/mol. The molecule has 0 fully saturated rings. The van der Waals surface area contributed by atoms with Crippen molar-refractivity contribution in [1.82, 2.24) is 0 Å². The summed E-state index contributed by atoms with van der Waals surface area (Å²) in [4.78, 5) is 0. The minimum Gasteiger partial charge on any atom is -0.595 e. The molecular weight excluding hydrogens is 298 g/mol. The van der Waals surface area contributed by atoms with Gasteiger partial charge in [0.1, 0.15) is 6.10 Å². The molecule has 1 aliphatic rings. The van der Waals surface area contributed by atoms with Crippen LogP contribution in [0.2, 0.25) is 0 Å². The lowest BCUT2D eigenvalue weighted by atomic mass is 9.91. The average Bonchev–Trinajstić information content (AvgIpc) is 2.59. The first-order chi connectivity index (χ1) is 11.2. The van der Waals surface area contributed by atoms with E-state index < -0.39 is 11.3 Å². The smallest absolute Gasteiger partial charge is 0.169 e. The standard InChI is InChI=1S/C17H19NO5/c1-21-15-9-11-7-8-23-17(13(11)10-16(15)22-2)12-5-3-4-6-14(12)18(19)20/h3-6,9-10,17-19H,7-8H2,1-2H3/t17-/m1/s1. The van der Waals surface area contributed by atoms with Gasteiger partial charge in [-0.05, 0) is 35.7 Å². The molecule has 0 saturated heterocycles. The van der Waals surface area contributed by atoms with Crippen LogP contribution in [0.1, 0.15) is 22.8 Å². The zero-order valence-corrected chi connectivity index (χ0v) is 13.0. The van der Waals surface area contributed by atoms with Gasteiger partial charge in [-0.3, -0.25) is 0 Å². The van der Waals surface area contributed by atoms with Crippen molar-refractivity contribution in [3.63, 3.8) is 0 Å². The first kappa shape index (κ1) is 15.8. The lowest BCUT2D eigenvalue weighted by Gasteiger charge is -2.29. The minimum atomic E-state index is -0.961. The maximum Gasteiger partial charge on any atom is 0.169 e. The minimum absolute atomic E-state index is 0.250. The molecule has 3 rings (SSSR count). The third kappa shape index (κ3) is 2.89. The van der Waals surface area contributed by atoms with Gasteiger partial charge >= 0.3 is 0 Å². The molecule has 1 unspecified atom stereocenters. The zero-order valence-electron chi connectivity index (χ0n) is 13.0. The maximum atomic E-state index is 11.5. The van der Waals surface area contributed by atoms with E-state index in [0.717, 1.165) is 17.5 Å². The molecule has 2 N–H and O–H groups in total. The van der Waals surface area contributed by atoms with Gasteiger partial charge in [0.2, 0.25) is 0 Å². The monoisotopic (exact) mass is 317 g/mol. The number of methoxy groups -OCH3 is 2. The summed E-state index contributed by atoms with van der Waals surface area (Å²) in [6.45, 7) is 0.529. The second-order valence-corrected chi connectivity index (χ2v) is 5.30. The van der Waals surface area contributed by atoms with Crippen LogP contribution in [0.25, 0.3) is 0 Å². The fourth-order valence-electron chi connectivity index (χ4n) is 2.95. The Morgan fingerprint density at radius 1 is 1.13 bits per heavy atom. The van der Waals surface area contributed by atoms with Crippen molar-refractivity contribution in [1.29, 1.82) is 0 Å². The van der Waals surface area contributed by atoms with E-state index in [1.54, 1.807) is 32.4 Å². The highest BCUT2D eigenvalue weighted by atomic mass is 16.8. The molecule has 1 heterocycles. The molecule has 0 saturated carbocycles. The van der Waals surface area contributed by atoms with E-state index in [4.69, 9.17) is 14.2 Å². The summed E-state index contributed by atoms with van der Waals surface area (Å²) in [5.41, 5.74) is 2.90. The van der Waals surface area contributed by atoms with E-state index in [1.165, 1.54) is 0 Å². The van der Waals surface area contributed by atoms with E-state index >= 15 is 0 Å². The van der Waals surface area contributed by atoms with Crippen LogP contribution in [-0.2, 0) is 11.2 Å². The first-order valence-electron chi connectivity index (χ1n) is 7.34. The highest BCUT2D eigenvalue weighted by Gasteiger charge is 2.28. The van der Waals surface area contributed by atoms with Gasteiger partial charge in [-0.2, -0.15) is 5.23 Å². The molecule has 2 atom stereocenters. The van der Waals surface area contributed by atoms with E-state index in [-0.39, 0.29) is 5.69 Å². The van der Waals surface area contributed by atoms with E-state index in [1.807, 2.05) is 18.2 Å². The van der Waals surface area contributed by atoms with Gasteiger partial charge in [0.25, 0.3) is 0 Å². The summed E-state index contributed by atoms with van der Waals surface area (Å²) in [5.74, 6) is 1.27.